The van der Waals surface area contributed by atoms with E-state index in [1.165, 1.54) is 23.9 Å². The first kappa shape index (κ1) is 9.52. The van der Waals surface area contributed by atoms with Crippen molar-refractivity contribution in [2.45, 2.75) is 17.7 Å². The maximum atomic E-state index is 12.8. The van der Waals surface area contributed by atoms with Crippen LogP contribution in [-0.4, -0.2) is 6.26 Å². The quantitative estimate of drug-likeness (QED) is 0.640. The molecule has 0 atom stereocenters. The van der Waals surface area contributed by atoms with Gasteiger partial charge in [-0.2, -0.15) is 0 Å². The van der Waals surface area contributed by atoms with Crippen LogP contribution < -0.4 is 0 Å². The molecule has 0 fully saturated rings. The molecular formula is C9H10F2S. The summed E-state index contributed by atoms with van der Waals surface area (Å²) < 4.78 is 25.5. The molecule has 1 rings (SSSR count). The SMILES string of the molecule is CSc1cccc(C(C)(F)F)c1. The summed E-state index contributed by atoms with van der Waals surface area (Å²) in [6.07, 6.45) is 1.87. The van der Waals surface area contributed by atoms with Crippen LogP contribution in [0.5, 0.6) is 0 Å². The maximum absolute atomic E-state index is 12.8. The van der Waals surface area contributed by atoms with Gasteiger partial charge < -0.3 is 0 Å². The first-order valence-electron chi connectivity index (χ1n) is 3.56. The normalized spacial score (nSPS) is 11.7. The molecule has 1 aromatic rings. The number of hydrogen-bond donors (Lipinski definition) is 0. The van der Waals surface area contributed by atoms with E-state index in [-0.39, 0.29) is 5.56 Å². The minimum absolute atomic E-state index is 0.0781. The van der Waals surface area contributed by atoms with Crippen molar-refractivity contribution in [3.8, 4) is 0 Å². The molecule has 0 unspecified atom stereocenters. The molecule has 12 heavy (non-hydrogen) atoms. The Morgan fingerprint density at radius 2 is 2.00 bits per heavy atom. The van der Waals surface area contributed by atoms with Crippen LogP contribution in [0.2, 0.25) is 0 Å². The van der Waals surface area contributed by atoms with E-state index in [4.69, 9.17) is 0 Å². The summed E-state index contributed by atoms with van der Waals surface area (Å²) in [5, 5.41) is 0. The van der Waals surface area contributed by atoms with Crippen molar-refractivity contribution in [2.24, 2.45) is 0 Å². The molecule has 0 aliphatic carbocycles. The zero-order valence-corrected chi connectivity index (χ0v) is 7.79. The van der Waals surface area contributed by atoms with Crippen LogP contribution in [0.15, 0.2) is 29.2 Å². The van der Waals surface area contributed by atoms with Crippen molar-refractivity contribution < 1.29 is 8.78 Å². The van der Waals surface area contributed by atoms with Crippen molar-refractivity contribution in [1.82, 2.24) is 0 Å². The van der Waals surface area contributed by atoms with Gasteiger partial charge in [0.1, 0.15) is 0 Å². The van der Waals surface area contributed by atoms with E-state index in [0.29, 0.717) is 0 Å². The molecule has 0 amide bonds. The van der Waals surface area contributed by atoms with E-state index in [0.717, 1.165) is 11.8 Å². The Morgan fingerprint density at radius 1 is 1.33 bits per heavy atom. The molecule has 0 saturated carbocycles. The summed E-state index contributed by atoms with van der Waals surface area (Å²) >= 11 is 1.47. The van der Waals surface area contributed by atoms with Gasteiger partial charge in [-0.15, -0.1) is 11.8 Å². The van der Waals surface area contributed by atoms with Gasteiger partial charge in [0.2, 0.25) is 0 Å². The minimum atomic E-state index is -2.73. The van der Waals surface area contributed by atoms with Gasteiger partial charge in [-0.05, 0) is 18.4 Å². The van der Waals surface area contributed by atoms with Crippen LogP contribution in [0.25, 0.3) is 0 Å². The topological polar surface area (TPSA) is 0 Å². The highest BCUT2D eigenvalue weighted by molar-refractivity contribution is 7.98. The lowest BCUT2D eigenvalue weighted by molar-refractivity contribution is 0.0172. The number of thioether (sulfide) groups is 1. The number of rotatable bonds is 2. The lowest BCUT2D eigenvalue weighted by atomic mass is 10.1. The lowest BCUT2D eigenvalue weighted by Gasteiger charge is -2.10. The molecular weight excluding hydrogens is 178 g/mol. The third-order valence-electron chi connectivity index (χ3n) is 1.58. The third-order valence-corrected chi connectivity index (χ3v) is 2.30. The Balaban J connectivity index is 3.02. The molecule has 0 spiro atoms. The lowest BCUT2D eigenvalue weighted by Crippen LogP contribution is -2.06. The number of benzene rings is 1. The monoisotopic (exact) mass is 188 g/mol. The maximum Gasteiger partial charge on any atom is 0.270 e. The molecule has 1 aromatic carbocycles. The highest BCUT2D eigenvalue weighted by Gasteiger charge is 2.23. The second-order valence-electron chi connectivity index (χ2n) is 2.62. The van der Waals surface area contributed by atoms with Gasteiger partial charge in [-0.1, -0.05) is 12.1 Å². The van der Waals surface area contributed by atoms with Crippen molar-refractivity contribution >= 4 is 11.8 Å². The van der Waals surface area contributed by atoms with Crippen LogP contribution >= 0.6 is 11.8 Å². The predicted molar refractivity (Wildman–Crippen MR) is 47.8 cm³/mol. The molecule has 0 bridgehead atoms. The van der Waals surface area contributed by atoms with Crippen molar-refractivity contribution in [2.75, 3.05) is 6.26 Å². The first-order valence-corrected chi connectivity index (χ1v) is 4.79. The molecule has 0 nitrogen and oxygen atoms in total. The second kappa shape index (κ2) is 3.44. The summed E-state index contributed by atoms with van der Waals surface area (Å²) in [5.41, 5.74) is 0.0781. The van der Waals surface area contributed by atoms with Crippen molar-refractivity contribution in [3.63, 3.8) is 0 Å². The van der Waals surface area contributed by atoms with Crippen LogP contribution in [0, 0.1) is 0 Å². The van der Waals surface area contributed by atoms with Crippen molar-refractivity contribution in [3.05, 3.63) is 29.8 Å². The summed E-state index contributed by atoms with van der Waals surface area (Å²) in [7, 11) is 0. The van der Waals surface area contributed by atoms with Crippen LogP contribution in [-0.2, 0) is 5.92 Å². The Hall–Kier alpha value is -0.570. The molecule has 0 aliphatic rings. The molecule has 0 N–H and O–H groups in total. The van der Waals surface area contributed by atoms with Gasteiger partial charge in [0.05, 0.1) is 0 Å². The van der Waals surface area contributed by atoms with Crippen LogP contribution in [0.4, 0.5) is 8.78 Å². The third kappa shape index (κ3) is 2.21. The van der Waals surface area contributed by atoms with Gasteiger partial charge in [0.15, 0.2) is 0 Å². The first-order chi connectivity index (χ1) is 5.54. The smallest absolute Gasteiger partial charge is 0.202 e. The largest absolute Gasteiger partial charge is 0.270 e. The standard InChI is InChI=1S/C9H10F2S/c1-9(10,11)7-4-3-5-8(6-7)12-2/h3-6H,1-2H3. The average Bonchev–Trinajstić information content (AvgIpc) is 2.03. The highest BCUT2D eigenvalue weighted by atomic mass is 32.2. The summed E-state index contributed by atoms with van der Waals surface area (Å²) in [6.45, 7) is 0.909. The summed E-state index contributed by atoms with van der Waals surface area (Å²) in [4.78, 5) is 0.869. The van der Waals surface area contributed by atoms with Crippen LogP contribution in [0.3, 0.4) is 0 Å². The highest BCUT2D eigenvalue weighted by Crippen LogP contribution is 2.29. The van der Waals surface area contributed by atoms with E-state index in [2.05, 4.69) is 0 Å². The zero-order chi connectivity index (χ0) is 9.19. The second-order valence-corrected chi connectivity index (χ2v) is 3.50. The molecule has 0 saturated heterocycles. The number of alkyl halides is 2. The van der Waals surface area contributed by atoms with Gasteiger partial charge in [-0.25, -0.2) is 8.78 Å². The fraction of sp³-hybridized carbons (Fsp3) is 0.333. The fourth-order valence-electron chi connectivity index (χ4n) is 0.896. The minimum Gasteiger partial charge on any atom is -0.202 e. The van der Waals surface area contributed by atoms with E-state index in [1.54, 1.807) is 6.07 Å². The molecule has 0 radical (unpaired) electrons. The number of halogens is 2. The van der Waals surface area contributed by atoms with Gasteiger partial charge in [-0.3, -0.25) is 0 Å². The van der Waals surface area contributed by atoms with E-state index >= 15 is 0 Å². The fourth-order valence-corrected chi connectivity index (χ4v) is 1.36. The average molecular weight is 188 g/mol. The summed E-state index contributed by atoms with van der Waals surface area (Å²) in [6, 6.07) is 6.43. The zero-order valence-electron chi connectivity index (χ0n) is 6.97. The van der Waals surface area contributed by atoms with E-state index in [9.17, 15) is 8.78 Å². The molecule has 3 heteroatoms. The Labute approximate surface area is 75.0 Å². The molecule has 66 valence electrons. The van der Waals surface area contributed by atoms with E-state index < -0.39 is 5.92 Å². The Bertz CT molecular complexity index is 265. The molecule has 0 heterocycles. The van der Waals surface area contributed by atoms with Crippen molar-refractivity contribution in [1.29, 1.82) is 0 Å². The summed E-state index contributed by atoms with van der Waals surface area (Å²) in [5.74, 6) is -2.73. The van der Waals surface area contributed by atoms with E-state index in [1.807, 2.05) is 12.3 Å². The van der Waals surface area contributed by atoms with Crippen LogP contribution in [0.1, 0.15) is 12.5 Å². The molecule has 0 aromatic heterocycles. The Kier molecular flexibility index (Phi) is 2.73. The molecule has 0 aliphatic heterocycles. The Morgan fingerprint density at radius 3 is 2.50 bits per heavy atom. The van der Waals surface area contributed by atoms with Gasteiger partial charge in [0.25, 0.3) is 5.92 Å². The number of hydrogen-bond acceptors (Lipinski definition) is 1. The van der Waals surface area contributed by atoms with Gasteiger partial charge >= 0.3 is 0 Å². The predicted octanol–water partition coefficient (Wildman–Crippen LogP) is 3.52. The van der Waals surface area contributed by atoms with Gasteiger partial charge in [0, 0.05) is 17.4 Å².